The van der Waals surface area contributed by atoms with Gasteiger partial charge in [-0.05, 0) is 87.8 Å². The summed E-state index contributed by atoms with van der Waals surface area (Å²) in [6, 6.07) is 11.6. The van der Waals surface area contributed by atoms with Crippen molar-refractivity contribution in [2.24, 2.45) is 5.73 Å². The van der Waals surface area contributed by atoms with Gasteiger partial charge in [0.15, 0.2) is 0 Å². The third-order valence-electron chi connectivity index (χ3n) is 5.50. The van der Waals surface area contributed by atoms with Crippen LogP contribution in [-0.2, 0) is 19.4 Å². The Labute approximate surface area is 172 Å². The van der Waals surface area contributed by atoms with Gasteiger partial charge in [0, 0.05) is 6.54 Å². The fraction of sp³-hybridized carbons (Fsp3) is 0.407. The van der Waals surface area contributed by atoms with Crippen molar-refractivity contribution in [1.29, 1.82) is 0 Å². The molecule has 0 bridgehead atoms. The molecule has 2 aromatic rings. The van der Waals surface area contributed by atoms with Crippen molar-refractivity contribution >= 4 is 0 Å². The van der Waals surface area contributed by atoms with Gasteiger partial charge < -0.3 is 5.73 Å². The summed E-state index contributed by atoms with van der Waals surface area (Å²) in [4.78, 5) is 0. The molecule has 0 aromatic heterocycles. The molecule has 2 N–H and O–H groups in total. The van der Waals surface area contributed by atoms with Gasteiger partial charge in [0.1, 0.15) is 0 Å². The smallest absolute Gasteiger partial charge is 0.0183 e. The van der Waals surface area contributed by atoms with E-state index in [0.717, 1.165) is 19.3 Å². The van der Waals surface area contributed by atoms with Crippen LogP contribution in [-0.4, -0.2) is 0 Å². The minimum Gasteiger partial charge on any atom is -0.326 e. The Morgan fingerprint density at radius 2 is 1.68 bits per heavy atom. The predicted molar refractivity (Wildman–Crippen MR) is 125 cm³/mol. The van der Waals surface area contributed by atoms with Gasteiger partial charge in [-0.3, -0.25) is 0 Å². The van der Waals surface area contributed by atoms with Crippen LogP contribution in [0.2, 0.25) is 0 Å². The number of nitrogens with two attached hydrogens (primary N) is 1. The van der Waals surface area contributed by atoms with Crippen LogP contribution in [0.4, 0.5) is 0 Å². The van der Waals surface area contributed by atoms with Crippen molar-refractivity contribution < 1.29 is 0 Å². The molecule has 0 saturated carbocycles. The monoisotopic (exact) mass is 375 g/mol. The van der Waals surface area contributed by atoms with Crippen LogP contribution in [0.5, 0.6) is 0 Å². The molecule has 0 aliphatic carbocycles. The summed E-state index contributed by atoms with van der Waals surface area (Å²) >= 11 is 0. The van der Waals surface area contributed by atoms with Gasteiger partial charge >= 0.3 is 0 Å². The highest BCUT2D eigenvalue weighted by atomic mass is 14.5. The zero-order valence-electron chi connectivity index (χ0n) is 18.9. The summed E-state index contributed by atoms with van der Waals surface area (Å²) in [5, 5.41) is 0. The van der Waals surface area contributed by atoms with E-state index in [1.165, 1.54) is 55.7 Å². The van der Waals surface area contributed by atoms with Crippen LogP contribution >= 0.6 is 0 Å². The molecule has 0 heterocycles. The Hall–Kier alpha value is -2.12. The first kappa shape index (κ1) is 22.2. The van der Waals surface area contributed by atoms with Crippen molar-refractivity contribution in [1.82, 2.24) is 0 Å². The molecule has 0 unspecified atom stereocenters. The highest BCUT2D eigenvalue weighted by molar-refractivity contribution is 5.71. The van der Waals surface area contributed by atoms with Crippen LogP contribution in [0, 0.1) is 13.8 Å². The van der Waals surface area contributed by atoms with Crippen molar-refractivity contribution in [3.05, 3.63) is 80.9 Å². The molecule has 150 valence electrons. The second-order valence-corrected chi connectivity index (χ2v) is 8.41. The molecule has 1 nitrogen and oxygen atoms in total. The Balaban J connectivity index is 2.60. The van der Waals surface area contributed by atoms with E-state index in [4.69, 9.17) is 5.73 Å². The number of aryl methyl sites for hydroxylation is 3. The quantitative estimate of drug-likeness (QED) is 0.508. The lowest BCUT2D eigenvalue weighted by atomic mass is 9.88. The van der Waals surface area contributed by atoms with Gasteiger partial charge in [0.05, 0.1) is 0 Å². The third kappa shape index (κ3) is 5.45. The molecular formula is C27H37N. The summed E-state index contributed by atoms with van der Waals surface area (Å²) in [5.74, 6) is 0. The maximum Gasteiger partial charge on any atom is 0.0183 e. The van der Waals surface area contributed by atoms with E-state index >= 15 is 0 Å². The maximum atomic E-state index is 6.15. The molecule has 1 heteroatoms. The van der Waals surface area contributed by atoms with Crippen LogP contribution in [0.25, 0.3) is 11.1 Å². The first-order valence-corrected chi connectivity index (χ1v) is 10.5. The minimum absolute atomic E-state index is 0.589. The van der Waals surface area contributed by atoms with E-state index in [-0.39, 0.29) is 0 Å². The lowest BCUT2D eigenvalue weighted by Crippen LogP contribution is -2.06. The molecular weight excluding hydrogens is 338 g/mol. The standard InChI is InChI=1S/C27H37N/c1-8-9-23-11-10-19(4)13-26(23)24-15-22(7)27(17-28)25(16-24)14-21(6)20(5)12-18(2)3/h10-13,15-16H,8-9,14,17,28H2,1-7H3/b21-20+. The molecule has 0 aliphatic heterocycles. The number of hydrogen-bond donors (Lipinski definition) is 1. The summed E-state index contributed by atoms with van der Waals surface area (Å²) in [6.45, 7) is 16.0. The van der Waals surface area contributed by atoms with Crippen molar-refractivity contribution in [3.8, 4) is 11.1 Å². The van der Waals surface area contributed by atoms with Crippen LogP contribution < -0.4 is 5.73 Å². The fourth-order valence-corrected chi connectivity index (χ4v) is 3.92. The largest absolute Gasteiger partial charge is 0.326 e. The summed E-state index contributed by atoms with van der Waals surface area (Å²) in [5.41, 5.74) is 19.6. The zero-order valence-corrected chi connectivity index (χ0v) is 18.9. The third-order valence-corrected chi connectivity index (χ3v) is 5.50. The average molecular weight is 376 g/mol. The van der Waals surface area contributed by atoms with Gasteiger partial charge in [0.2, 0.25) is 0 Å². The van der Waals surface area contributed by atoms with E-state index in [9.17, 15) is 0 Å². The van der Waals surface area contributed by atoms with E-state index < -0.39 is 0 Å². The van der Waals surface area contributed by atoms with Gasteiger partial charge in [-0.1, -0.05) is 72.0 Å². The van der Waals surface area contributed by atoms with Crippen LogP contribution in [0.3, 0.4) is 0 Å². The summed E-state index contributed by atoms with van der Waals surface area (Å²) in [7, 11) is 0. The summed E-state index contributed by atoms with van der Waals surface area (Å²) < 4.78 is 0. The summed E-state index contributed by atoms with van der Waals surface area (Å²) in [6.07, 6.45) is 5.49. The fourth-order valence-electron chi connectivity index (χ4n) is 3.92. The van der Waals surface area contributed by atoms with Gasteiger partial charge in [-0.2, -0.15) is 0 Å². The molecule has 2 aromatic carbocycles. The van der Waals surface area contributed by atoms with Crippen molar-refractivity contribution in [2.75, 3.05) is 0 Å². The van der Waals surface area contributed by atoms with E-state index in [1.807, 2.05) is 0 Å². The average Bonchev–Trinajstić information content (AvgIpc) is 2.62. The first-order chi connectivity index (χ1) is 13.3. The Morgan fingerprint density at radius 1 is 0.964 bits per heavy atom. The van der Waals surface area contributed by atoms with Gasteiger partial charge in [-0.25, -0.2) is 0 Å². The number of hydrogen-bond acceptors (Lipinski definition) is 1. The Morgan fingerprint density at radius 3 is 2.29 bits per heavy atom. The topological polar surface area (TPSA) is 26.0 Å². The molecule has 28 heavy (non-hydrogen) atoms. The molecule has 0 spiro atoms. The second kappa shape index (κ2) is 9.89. The molecule has 0 aliphatic rings. The van der Waals surface area contributed by atoms with Crippen molar-refractivity contribution in [2.45, 2.75) is 74.3 Å². The highest BCUT2D eigenvalue weighted by Gasteiger charge is 2.12. The van der Waals surface area contributed by atoms with E-state index in [2.05, 4.69) is 84.9 Å². The van der Waals surface area contributed by atoms with Crippen LogP contribution in [0.1, 0.15) is 68.9 Å². The highest BCUT2D eigenvalue weighted by Crippen LogP contribution is 2.31. The SMILES string of the molecule is CCCc1ccc(C)cc1-c1cc(C)c(CN)c(C/C(C)=C(\C)C=C(C)C)c1. The number of benzene rings is 2. The lowest BCUT2D eigenvalue weighted by molar-refractivity contribution is 0.922. The normalized spacial score (nSPS) is 12.0. The number of rotatable bonds is 7. The number of allylic oxidation sites excluding steroid dienone is 4. The van der Waals surface area contributed by atoms with Crippen molar-refractivity contribution in [3.63, 3.8) is 0 Å². The minimum atomic E-state index is 0.589. The van der Waals surface area contributed by atoms with Gasteiger partial charge in [0.25, 0.3) is 0 Å². The molecule has 0 amide bonds. The van der Waals surface area contributed by atoms with E-state index in [1.54, 1.807) is 0 Å². The lowest BCUT2D eigenvalue weighted by Gasteiger charge is -2.18. The second-order valence-electron chi connectivity index (χ2n) is 8.41. The molecule has 0 radical (unpaired) electrons. The van der Waals surface area contributed by atoms with Crippen LogP contribution in [0.15, 0.2) is 53.1 Å². The zero-order chi connectivity index (χ0) is 20.8. The molecule has 0 atom stereocenters. The predicted octanol–water partition coefficient (Wildman–Crippen LogP) is 7.23. The first-order valence-electron chi connectivity index (χ1n) is 10.5. The molecule has 2 rings (SSSR count). The van der Waals surface area contributed by atoms with E-state index in [0.29, 0.717) is 6.54 Å². The molecule has 0 fully saturated rings. The van der Waals surface area contributed by atoms with Gasteiger partial charge in [-0.15, -0.1) is 0 Å². The Bertz CT molecular complexity index is 893. The maximum absolute atomic E-state index is 6.15. The Kier molecular flexibility index (Phi) is 7.83. The molecule has 0 saturated heterocycles.